The van der Waals surface area contributed by atoms with Crippen molar-refractivity contribution in [2.75, 3.05) is 6.26 Å². The Balaban J connectivity index is 2.76. The minimum atomic E-state index is -1.06. The zero-order valence-electron chi connectivity index (χ0n) is 8.48. The van der Waals surface area contributed by atoms with Gasteiger partial charge in [-0.25, -0.2) is 9.78 Å². The maximum absolute atomic E-state index is 11.0. The molecule has 0 bridgehead atoms. The zero-order valence-corrected chi connectivity index (χ0v) is 10.0. The van der Waals surface area contributed by atoms with E-state index < -0.39 is 5.97 Å². The lowest BCUT2D eigenvalue weighted by molar-refractivity contribution is 0.0693. The standard InChI is InChI=1S/C10H9ClN2O2S/c1-16-5-7-12-8(10(14)15)9-6(11)3-2-4-13(7)9/h2-4H,5H2,1H3,(H,14,15). The largest absolute Gasteiger partial charge is 0.476 e. The summed E-state index contributed by atoms with van der Waals surface area (Å²) < 4.78 is 1.72. The quantitative estimate of drug-likeness (QED) is 0.917. The Morgan fingerprint density at radius 3 is 3.06 bits per heavy atom. The van der Waals surface area contributed by atoms with Gasteiger partial charge < -0.3 is 9.51 Å². The summed E-state index contributed by atoms with van der Waals surface area (Å²) in [5.74, 6) is 0.287. The Labute approximate surface area is 101 Å². The van der Waals surface area contributed by atoms with Gasteiger partial charge in [0.2, 0.25) is 0 Å². The van der Waals surface area contributed by atoms with Gasteiger partial charge in [0, 0.05) is 6.20 Å². The number of aromatic carboxylic acids is 1. The van der Waals surface area contributed by atoms with E-state index in [4.69, 9.17) is 16.7 Å². The van der Waals surface area contributed by atoms with E-state index in [9.17, 15) is 4.79 Å². The second-order valence-corrected chi connectivity index (χ2v) is 4.46. The van der Waals surface area contributed by atoms with Crippen molar-refractivity contribution in [2.24, 2.45) is 0 Å². The summed E-state index contributed by atoms with van der Waals surface area (Å²) in [6.45, 7) is 0. The number of pyridine rings is 1. The predicted octanol–water partition coefficient (Wildman–Crippen LogP) is 2.55. The van der Waals surface area contributed by atoms with Crippen molar-refractivity contribution in [1.29, 1.82) is 0 Å². The fourth-order valence-electron chi connectivity index (χ4n) is 1.54. The molecule has 2 aromatic heterocycles. The van der Waals surface area contributed by atoms with Crippen molar-refractivity contribution in [1.82, 2.24) is 9.38 Å². The van der Waals surface area contributed by atoms with Crippen LogP contribution in [-0.4, -0.2) is 26.7 Å². The van der Waals surface area contributed by atoms with Gasteiger partial charge in [-0.15, -0.1) is 0 Å². The van der Waals surface area contributed by atoms with E-state index >= 15 is 0 Å². The van der Waals surface area contributed by atoms with Crippen LogP contribution in [0.2, 0.25) is 5.02 Å². The van der Waals surface area contributed by atoms with Crippen LogP contribution in [0.4, 0.5) is 0 Å². The normalized spacial score (nSPS) is 10.9. The predicted molar refractivity (Wildman–Crippen MR) is 64.4 cm³/mol. The third-order valence-corrected chi connectivity index (χ3v) is 3.02. The lowest BCUT2D eigenvalue weighted by atomic mass is 10.3. The van der Waals surface area contributed by atoms with Gasteiger partial charge in [0.05, 0.1) is 16.3 Å². The first-order valence-corrected chi connectivity index (χ1v) is 6.30. The van der Waals surface area contributed by atoms with E-state index in [0.29, 0.717) is 22.1 Å². The number of thioether (sulfide) groups is 1. The maximum atomic E-state index is 11.0. The number of nitrogens with zero attached hydrogens (tertiary/aromatic N) is 2. The number of hydrogen-bond acceptors (Lipinski definition) is 3. The van der Waals surface area contributed by atoms with Gasteiger partial charge >= 0.3 is 5.97 Å². The molecule has 2 aromatic rings. The molecule has 0 fully saturated rings. The smallest absolute Gasteiger partial charge is 0.356 e. The van der Waals surface area contributed by atoms with Crippen LogP contribution >= 0.6 is 23.4 Å². The number of fused-ring (bicyclic) bond motifs is 1. The summed E-state index contributed by atoms with van der Waals surface area (Å²) in [6, 6.07) is 3.43. The number of carboxylic acid groups (broad SMARTS) is 1. The summed E-state index contributed by atoms with van der Waals surface area (Å²) in [6.07, 6.45) is 3.71. The molecule has 16 heavy (non-hydrogen) atoms. The molecule has 0 spiro atoms. The topological polar surface area (TPSA) is 54.6 Å². The highest BCUT2D eigenvalue weighted by molar-refractivity contribution is 7.97. The second kappa shape index (κ2) is 4.35. The summed E-state index contributed by atoms with van der Waals surface area (Å²) in [5.41, 5.74) is 0.468. The van der Waals surface area contributed by atoms with Crippen LogP contribution in [0.1, 0.15) is 16.3 Å². The molecule has 0 aliphatic heterocycles. The number of halogens is 1. The molecule has 0 radical (unpaired) electrons. The molecule has 84 valence electrons. The third-order valence-electron chi connectivity index (χ3n) is 2.16. The SMILES string of the molecule is CSCc1nc(C(=O)O)c2c(Cl)cccn12. The Bertz CT molecular complexity index is 553. The molecule has 0 unspecified atom stereocenters. The highest BCUT2D eigenvalue weighted by Crippen LogP contribution is 2.23. The number of aromatic nitrogens is 2. The maximum Gasteiger partial charge on any atom is 0.356 e. The Morgan fingerprint density at radius 1 is 1.69 bits per heavy atom. The van der Waals surface area contributed by atoms with Gasteiger partial charge in [0.1, 0.15) is 5.82 Å². The molecule has 4 nitrogen and oxygen atoms in total. The monoisotopic (exact) mass is 256 g/mol. The molecule has 0 amide bonds. The number of imidazole rings is 1. The minimum absolute atomic E-state index is 0.00894. The molecule has 0 atom stereocenters. The molecular formula is C10H9ClN2O2S. The van der Waals surface area contributed by atoms with Crippen molar-refractivity contribution < 1.29 is 9.90 Å². The molecule has 0 saturated heterocycles. The average Bonchev–Trinajstić information content (AvgIpc) is 2.60. The molecule has 6 heteroatoms. The van der Waals surface area contributed by atoms with E-state index in [0.717, 1.165) is 0 Å². The van der Waals surface area contributed by atoms with E-state index in [1.807, 2.05) is 6.26 Å². The molecule has 0 saturated carbocycles. The molecule has 0 aliphatic carbocycles. The third kappa shape index (κ3) is 1.76. The lowest BCUT2D eigenvalue weighted by Crippen LogP contribution is -1.97. The van der Waals surface area contributed by atoms with Crippen LogP contribution in [0.25, 0.3) is 5.52 Å². The van der Waals surface area contributed by atoms with Crippen LogP contribution in [0.15, 0.2) is 18.3 Å². The van der Waals surface area contributed by atoms with Crippen LogP contribution in [0.5, 0.6) is 0 Å². The van der Waals surface area contributed by atoms with Gasteiger partial charge in [-0.2, -0.15) is 11.8 Å². The number of hydrogen-bond donors (Lipinski definition) is 1. The van der Waals surface area contributed by atoms with Crippen molar-refractivity contribution in [2.45, 2.75) is 5.75 Å². The Morgan fingerprint density at radius 2 is 2.44 bits per heavy atom. The van der Waals surface area contributed by atoms with Crippen LogP contribution in [0, 0.1) is 0 Å². The first-order chi connectivity index (χ1) is 7.65. The van der Waals surface area contributed by atoms with Crippen molar-refractivity contribution >= 4 is 34.8 Å². The number of carbonyl (C=O) groups is 1. The minimum Gasteiger partial charge on any atom is -0.476 e. The average molecular weight is 257 g/mol. The summed E-state index contributed by atoms with van der Waals surface area (Å²) in [5, 5.41) is 9.45. The van der Waals surface area contributed by atoms with Crippen molar-refractivity contribution in [3.63, 3.8) is 0 Å². The van der Waals surface area contributed by atoms with Crippen LogP contribution < -0.4 is 0 Å². The summed E-state index contributed by atoms with van der Waals surface area (Å²) in [4.78, 5) is 15.1. The molecular weight excluding hydrogens is 248 g/mol. The van der Waals surface area contributed by atoms with Gasteiger partial charge in [-0.3, -0.25) is 0 Å². The number of carboxylic acids is 1. The lowest BCUT2D eigenvalue weighted by Gasteiger charge is -1.99. The first kappa shape index (κ1) is 11.3. The summed E-state index contributed by atoms with van der Waals surface area (Å²) in [7, 11) is 0. The van der Waals surface area contributed by atoms with Crippen LogP contribution in [0.3, 0.4) is 0 Å². The highest BCUT2D eigenvalue weighted by atomic mass is 35.5. The first-order valence-electron chi connectivity index (χ1n) is 4.53. The van der Waals surface area contributed by atoms with Gasteiger partial charge in [0.15, 0.2) is 5.69 Å². The van der Waals surface area contributed by atoms with Gasteiger partial charge in [0.25, 0.3) is 0 Å². The van der Waals surface area contributed by atoms with Gasteiger partial charge in [-0.05, 0) is 18.4 Å². The van der Waals surface area contributed by atoms with E-state index in [1.54, 1.807) is 34.5 Å². The fourth-order valence-corrected chi connectivity index (χ4v) is 2.26. The van der Waals surface area contributed by atoms with E-state index in [1.165, 1.54) is 0 Å². The van der Waals surface area contributed by atoms with Crippen LogP contribution in [-0.2, 0) is 5.75 Å². The Hall–Kier alpha value is -1.20. The van der Waals surface area contributed by atoms with Crippen molar-refractivity contribution in [3.8, 4) is 0 Å². The molecule has 2 heterocycles. The van der Waals surface area contributed by atoms with E-state index in [-0.39, 0.29) is 5.69 Å². The van der Waals surface area contributed by atoms with Crippen molar-refractivity contribution in [3.05, 3.63) is 34.9 Å². The Kier molecular flexibility index (Phi) is 3.07. The summed E-state index contributed by atoms with van der Waals surface area (Å²) >= 11 is 7.57. The molecule has 0 aromatic carbocycles. The number of rotatable bonds is 3. The fraction of sp³-hybridized carbons (Fsp3) is 0.200. The molecule has 0 aliphatic rings. The highest BCUT2D eigenvalue weighted by Gasteiger charge is 2.18. The second-order valence-electron chi connectivity index (χ2n) is 3.19. The zero-order chi connectivity index (χ0) is 11.7. The molecule has 1 N–H and O–H groups in total. The van der Waals surface area contributed by atoms with E-state index in [2.05, 4.69) is 4.98 Å². The molecule has 2 rings (SSSR count). The van der Waals surface area contributed by atoms with Gasteiger partial charge in [-0.1, -0.05) is 11.6 Å².